The number of benzene rings is 1. The van der Waals surface area contributed by atoms with Crippen LogP contribution in [-0.4, -0.2) is 28.3 Å². The van der Waals surface area contributed by atoms with Gasteiger partial charge in [0.25, 0.3) is 11.6 Å². The Morgan fingerprint density at radius 1 is 1.50 bits per heavy atom. The first kappa shape index (κ1) is 12.5. The maximum absolute atomic E-state index is 12.1. The van der Waals surface area contributed by atoms with Crippen LogP contribution < -0.4 is 0 Å². The van der Waals surface area contributed by atoms with Crippen molar-refractivity contribution in [1.29, 1.82) is 0 Å². The molecule has 1 aliphatic rings. The molecule has 5 heteroatoms. The van der Waals surface area contributed by atoms with Gasteiger partial charge in [-0.25, -0.2) is 0 Å². The molecule has 0 aromatic heterocycles. The maximum atomic E-state index is 12.1. The predicted molar refractivity (Wildman–Crippen MR) is 67.4 cm³/mol. The van der Waals surface area contributed by atoms with Crippen LogP contribution in [0.2, 0.25) is 0 Å². The summed E-state index contributed by atoms with van der Waals surface area (Å²) in [4.78, 5) is 24.2. The van der Waals surface area contributed by atoms with E-state index in [1.807, 2.05) is 0 Å². The van der Waals surface area contributed by atoms with E-state index in [9.17, 15) is 14.9 Å². The second kappa shape index (κ2) is 5.16. The van der Waals surface area contributed by atoms with E-state index >= 15 is 0 Å². The summed E-state index contributed by atoms with van der Waals surface area (Å²) in [6.45, 7) is 2.83. The fourth-order valence-electron chi connectivity index (χ4n) is 2.08. The van der Waals surface area contributed by atoms with Crippen LogP contribution in [0.1, 0.15) is 36.5 Å². The molecule has 0 unspecified atom stereocenters. The van der Waals surface area contributed by atoms with Gasteiger partial charge in [0.2, 0.25) is 0 Å². The van der Waals surface area contributed by atoms with Gasteiger partial charge in [0.05, 0.1) is 4.92 Å². The van der Waals surface area contributed by atoms with Gasteiger partial charge in [-0.05, 0) is 12.5 Å². The molecule has 1 fully saturated rings. The number of hydrogen-bond donors (Lipinski definition) is 0. The van der Waals surface area contributed by atoms with Crippen molar-refractivity contribution in [2.45, 2.75) is 32.2 Å². The third kappa shape index (κ3) is 2.50. The highest BCUT2D eigenvalue weighted by atomic mass is 16.6. The maximum Gasteiger partial charge on any atom is 0.282 e. The van der Waals surface area contributed by atoms with Crippen molar-refractivity contribution in [3.63, 3.8) is 0 Å². The highest BCUT2D eigenvalue weighted by molar-refractivity contribution is 5.99. The molecule has 1 atom stereocenters. The van der Waals surface area contributed by atoms with Crippen molar-refractivity contribution in [1.82, 2.24) is 4.90 Å². The zero-order chi connectivity index (χ0) is 13.1. The number of carbonyl (C=O) groups is 1. The number of rotatable bonds is 5. The summed E-state index contributed by atoms with van der Waals surface area (Å²) < 4.78 is 0. The van der Waals surface area contributed by atoms with Crippen LogP contribution in [0.25, 0.3) is 0 Å². The second-order valence-electron chi connectivity index (χ2n) is 4.53. The van der Waals surface area contributed by atoms with Gasteiger partial charge in [-0.15, -0.1) is 0 Å². The average Bonchev–Trinajstić information content (AvgIpc) is 3.15. The Hall–Kier alpha value is -1.91. The molecule has 1 aromatic rings. The zero-order valence-electron chi connectivity index (χ0n) is 10.3. The van der Waals surface area contributed by atoms with Crippen molar-refractivity contribution in [2.24, 2.45) is 0 Å². The topological polar surface area (TPSA) is 63.2 Å². The number of unbranched alkanes of at least 4 members (excludes halogenated alkanes) is 1. The molecule has 0 spiro atoms. The third-order valence-corrected chi connectivity index (χ3v) is 3.20. The van der Waals surface area contributed by atoms with E-state index < -0.39 is 4.92 Å². The molecular weight excluding hydrogens is 232 g/mol. The van der Waals surface area contributed by atoms with E-state index in [-0.39, 0.29) is 23.2 Å². The first-order valence-electron chi connectivity index (χ1n) is 6.19. The number of nitrogens with zero attached hydrogens (tertiary/aromatic N) is 2. The Kier molecular flexibility index (Phi) is 3.60. The molecule has 18 heavy (non-hydrogen) atoms. The summed E-state index contributed by atoms with van der Waals surface area (Å²) in [5, 5.41) is 10.9. The largest absolute Gasteiger partial charge is 0.332 e. The normalized spacial score (nSPS) is 17.6. The summed E-state index contributed by atoms with van der Waals surface area (Å²) in [6.07, 6.45) is 3.18. The minimum absolute atomic E-state index is 0.108. The lowest BCUT2D eigenvalue weighted by molar-refractivity contribution is -0.385. The molecule has 0 N–H and O–H groups in total. The lowest BCUT2D eigenvalue weighted by atomic mass is 10.1. The van der Waals surface area contributed by atoms with Gasteiger partial charge in [0.15, 0.2) is 0 Å². The molecule has 0 aliphatic carbocycles. The van der Waals surface area contributed by atoms with Crippen molar-refractivity contribution in [2.75, 3.05) is 6.54 Å². The van der Waals surface area contributed by atoms with Gasteiger partial charge in [0.1, 0.15) is 5.56 Å². The molecule has 0 saturated carbocycles. The van der Waals surface area contributed by atoms with Gasteiger partial charge < -0.3 is 4.90 Å². The van der Waals surface area contributed by atoms with Crippen molar-refractivity contribution >= 4 is 11.6 Å². The minimum atomic E-state index is -0.502. The number of hydrogen-bond acceptors (Lipinski definition) is 3. The van der Waals surface area contributed by atoms with Crippen LogP contribution in [0, 0.1) is 10.1 Å². The third-order valence-electron chi connectivity index (χ3n) is 3.20. The van der Waals surface area contributed by atoms with E-state index in [0.29, 0.717) is 0 Å². The summed E-state index contributed by atoms with van der Waals surface area (Å²) in [7, 11) is 0. The molecule has 1 heterocycles. The molecule has 1 aromatic carbocycles. The van der Waals surface area contributed by atoms with Crippen molar-refractivity contribution < 1.29 is 9.72 Å². The summed E-state index contributed by atoms with van der Waals surface area (Å²) in [5.74, 6) is -0.219. The van der Waals surface area contributed by atoms with E-state index in [4.69, 9.17) is 0 Å². The summed E-state index contributed by atoms with van der Waals surface area (Å²) in [6, 6.07) is 6.40. The van der Waals surface area contributed by atoms with Gasteiger partial charge in [-0.3, -0.25) is 14.9 Å². The molecule has 2 rings (SSSR count). The Bertz CT molecular complexity index is 473. The Balaban J connectivity index is 2.09. The Labute approximate surface area is 106 Å². The highest BCUT2D eigenvalue weighted by Gasteiger charge is 2.39. The lowest BCUT2D eigenvalue weighted by Crippen LogP contribution is -2.15. The monoisotopic (exact) mass is 248 g/mol. The smallest absolute Gasteiger partial charge is 0.282 e. The number of carbonyl (C=O) groups excluding carboxylic acids is 1. The molecule has 1 aliphatic heterocycles. The van der Waals surface area contributed by atoms with Crippen molar-refractivity contribution in [3.05, 3.63) is 39.9 Å². The van der Waals surface area contributed by atoms with Crippen LogP contribution in [0.3, 0.4) is 0 Å². The first-order valence-corrected chi connectivity index (χ1v) is 6.19. The highest BCUT2D eigenvalue weighted by Crippen LogP contribution is 2.28. The van der Waals surface area contributed by atoms with Crippen LogP contribution in [0.5, 0.6) is 0 Å². The Morgan fingerprint density at radius 2 is 2.22 bits per heavy atom. The number of para-hydroxylation sites is 1. The lowest BCUT2D eigenvalue weighted by Gasteiger charge is -2.04. The van der Waals surface area contributed by atoms with E-state index in [2.05, 4.69) is 6.92 Å². The molecule has 1 saturated heterocycles. The average molecular weight is 248 g/mol. The number of amides is 1. The predicted octanol–water partition coefficient (Wildman–Crippen LogP) is 2.61. The molecule has 96 valence electrons. The molecule has 0 bridgehead atoms. The molecule has 5 nitrogen and oxygen atoms in total. The quantitative estimate of drug-likeness (QED) is 0.457. The fraction of sp³-hybridized carbons (Fsp3) is 0.462. The van der Waals surface area contributed by atoms with Crippen molar-refractivity contribution in [3.8, 4) is 0 Å². The van der Waals surface area contributed by atoms with Gasteiger partial charge in [0, 0.05) is 18.7 Å². The Morgan fingerprint density at radius 3 is 2.89 bits per heavy atom. The van der Waals surface area contributed by atoms with E-state index in [1.165, 1.54) is 12.1 Å². The van der Waals surface area contributed by atoms with Gasteiger partial charge in [-0.1, -0.05) is 31.9 Å². The molecule has 1 amide bonds. The van der Waals surface area contributed by atoms with E-state index in [0.717, 1.165) is 25.8 Å². The van der Waals surface area contributed by atoms with E-state index in [1.54, 1.807) is 17.0 Å². The minimum Gasteiger partial charge on any atom is -0.332 e. The molecule has 0 radical (unpaired) electrons. The first-order chi connectivity index (χ1) is 8.65. The van der Waals surface area contributed by atoms with Crippen LogP contribution in [0.15, 0.2) is 24.3 Å². The van der Waals surface area contributed by atoms with Gasteiger partial charge in [-0.2, -0.15) is 0 Å². The molecular formula is C13H16N2O3. The summed E-state index contributed by atoms with van der Waals surface area (Å²) in [5.41, 5.74) is 0.0881. The number of nitro benzene ring substituents is 1. The SMILES string of the molecule is CCCC[C@H]1CN1C(=O)c1ccccc1[N+](=O)[O-]. The number of nitro groups is 1. The summed E-state index contributed by atoms with van der Waals surface area (Å²) >= 11 is 0. The van der Waals surface area contributed by atoms with Crippen LogP contribution in [0.4, 0.5) is 5.69 Å². The van der Waals surface area contributed by atoms with Gasteiger partial charge >= 0.3 is 0 Å². The standard InChI is InChI=1S/C13H16N2O3/c1-2-3-6-10-9-14(10)13(16)11-7-4-5-8-12(11)15(17)18/h4-5,7-8,10H,2-3,6,9H2,1H3/t10-,14?/m0/s1. The second-order valence-corrected chi connectivity index (χ2v) is 4.53. The fourth-order valence-corrected chi connectivity index (χ4v) is 2.08. The van der Waals surface area contributed by atoms with Crippen LogP contribution >= 0.6 is 0 Å². The van der Waals surface area contributed by atoms with Crippen LogP contribution in [-0.2, 0) is 0 Å². The zero-order valence-corrected chi connectivity index (χ0v) is 10.3.